The number of likely N-dealkylation sites (tertiary alicyclic amines) is 1. The Labute approximate surface area is 177 Å². The summed E-state index contributed by atoms with van der Waals surface area (Å²) in [5.74, 6) is 0.627. The van der Waals surface area contributed by atoms with Crippen LogP contribution in [0.3, 0.4) is 0 Å². The molecule has 162 valence electrons. The molecular weight excluding hydrogens is 382 g/mol. The van der Waals surface area contributed by atoms with Crippen LogP contribution in [0, 0.1) is 0 Å². The smallest absolute Gasteiger partial charge is 0.271 e. The molecule has 1 N–H and O–H groups in total. The van der Waals surface area contributed by atoms with Crippen LogP contribution in [0.5, 0.6) is 5.75 Å². The van der Waals surface area contributed by atoms with Gasteiger partial charge in [0.2, 0.25) is 0 Å². The van der Waals surface area contributed by atoms with Gasteiger partial charge >= 0.3 is 0 Å². The van der Waals surface area contributed by atoms with Gasteiger partial charge in [-0.05, 0) is 44.0 Å². The topological polar surface area (TPSA) is 81.5 Å². The molecule has 0 spiro atoms. The molecule has 4 heterocycles. The van der Waals surface area contributed by atoms with Crippen molar-refractivity contribution in [3.63, 3.8) is 0 Å². The Morgan fingerprint density at radius 3 is 2.90 bits per heavy atom. The van der Waals surface area contributed by atoms with Crippen molar-refractivity contribution in [3.8, 4) is 5.75 Å². The average Bonchev–Trinajstić information content (AvgIpc) is 3.33. The second kappa shape index (κ2) is 10.0. The number of nitrogens with zero attached hydrogens (tertiary/aromatic N) is 4. The number of piperidine rings is 1. The number of rotatable bonds is 9. The van der Waals surface area contributed by atoms with Gasteiger partial charge in [0.1, 0.15) is 17.5 Å². The Hall–Kier alpha value is -2.45. The third-order valence-electron chi connectivity index (χ3n) is 5.79. The Bertz CT molecular complexity index is 794. The number of hydrogen-bond donors (Lipinski definition) is 1. The number of amides is 1. The van der Waals surface area contributed by atoms with E-state index >= 15 is 0 Å². The molecule has 2 aromatic heterocycles. The zero-order valence-electron chi connectivity index (χ0n) is 17.6. The first-order chi connectivity index (χ1) is 14.7. The summed E-state index contributed by atoms with van der Waals surface area (Å²) >= 11 is 0. The average molecular weight is 414 g/mol. The van der Waals surface area contributed by atoms with E-state index in [1.807, 2.05) is 22.9 Å². The lowest BCUT2D eigenvalue weighted by molar-refractivity contribution is 0.00783. The maximum absolute atomic E-state index is 12.4. The highest BCUT2D eigenvalue weighted by Crippen LogP contribution is 2.21. The zero-order valence-corrected chi connectivity index (χ0v) is 17.6. The van der Waals surface area contributed by atoms with Crippen LogP contribution in [0.4, 0.5) is 0 Å². The molecule has 0 unspecified atom stereocenters. The van der Waals surface area contributed by atoms with Gasteiger partial charge < -0.3 is 19.7 Å². The molecule has 2 aliphatic heterocycles. The van der Waals surface area contributed by atoms with Gasteiger partial charge in [-0.3, -0.25) is 14.5 Å². The summed E-state index contributed by atoms with van der Waals surface area (Å²) in [5, 5.41) is 7.39. The van der Waals surface area contributed by atoms with E-state index in [2.05, 4.69) is 27.2 Å². The Morgan fingerprint density at radius 1 is 1.30 bits per heavy atom. The molecule has 1 atom stereocenters. The summed E-state index contributed by atoms with van der Waals surface area (Å²) in [6.45, 7) is 7.49. The highest BCUT2D eigenvalue weighted by Gasteiger charge is 2.26. The Morgan fingerprint density at radius 2 is 2.17 bits per heavy atom. The van der Waals surface area contributed by atoms with E-state index in [4.69, 9.17) is 9.47 Å². The van der Waals surface area contributed by atoms with Gasteiger partial charge in [-0.2, -0.15) is 5.10 Å². The molecule has 0 bridgehead atoms. The molecular formula is C22H31N5O3. The van der Waals surface area contributed by atoms with Crippen molar-refractivity contribution in [2.24, 2.45) is 0 Å². The van der Waals surface area contributed by atoms with Crippen LogP contribution >= 0.6 is 0 Å². The summed E-state index contributed by atoms with van der Waals surface area (Å²) in [5.41, 5.74) is 1.49. The first-order valence-electron chi connectivity index (χ1n) is 11.0. The summed E-state index contributed by atoms with van der Waals surface area (Å²) in [6, 6.07) is 5.61. The zero-order chi connectivity index (χ0) is 20.8. The van der Waals surface area contributed by atoms with E-state index in [0.717, 1.165) is 56.8 Å². The fraction of sp³-hybridized carbons (Fsp3) is 0.591. The number of hydrogen-bond acceptors (Lipinski definition) is 6. The fourth-order valence-corrected chi connectivity index (χ4v) is 4.07. The van der Waals surface area contributed by atoms with Crippen LogP contribution in [0.2, 0.25) is 0 Å². The number of ether oxygens (including phenoxy) is 2. The molecule has 1 fully saturated rings. The van der Waals surface area contributed by atoms with E-state index < -0.39 is 0 Å². The minimum Gasteiger partial charge on any atom is -0.486 e. The Balaban J connectivity index is 1.14. The van der Waals surface area contributed by atoms with Gasteiger partial charge in [-0.1, -0.05) is 6.92 Å². The van der Waals surface area contributed by atoms with E-state index in [1.54, 1.807) is 12.4 Å². The standard InChI is InChI=1S/C22H31N5O3/c1-2-26-10-6-18(7-11-26)29-12-4-9-24-22(28)21-14-17-13-20(16-27(17)25-21)30-19-5-3-8-23-15-19/h3,5,8,14-15,18,20H,2,4,6-7,9-13,16H2,1H3,(H,24,28)/t20-/m0/s1. The molecule has 0 saturated carbocycles. The quantitative estimate of drug-likeness (QED) is 0.633. The summed E-state index contributed by atoms with van der Waals surface area (Å²) in [6.07, 6.45) is 7.57. The highest BCUT2D eigenvalue weighted by atomic mass is 16.5. The number of nitrogens with one attached hydrogen (secondary N) is 1. The maximum Gasteiger partial charge on any atom is 0.271 e. The maximum atomic E-state index is 12.4. The predicted molar refractivity (Wildman–Crippen MR) is 113 cm³/mol. The molecule has 8 heteroatoms. The van der Waals surface area contributed by atoms with Gasteiger partial charge in [-0.25, -0.2) is 0 Å². The number of carbonyl (C=O) groups is 1. The lowest BCUT2D eigenvalue weighted by Crippen LogP contribution is -2.37. The monoisotopic (exact) mass is 413 g/mol. The van der Waals surface area contributed by atoms with Crippen molar-refractivity contribution < 1.29 is 14.3 Å². The number of aromatic nitrogens is 3. The van der Waals surface area contributed by atoms with Gasteiger partial charge in [0.15, 0.2) is 0 Å². The third-order valence-corrected chi connectivity index (χ3v) is 5.79. The van der Waals surface area contributed by atoms with Gasteiger partial charge in [0.25, 0.3) is 5.91 Å². The van der Waals surface area contributed by atoms with Crippen molar-refractivity contribution in [2.45, 2.75) is 51.4 Å². The lowest BCUT2D eigenvalue weighted by atomic mass is 10.1. The molecule has 1 saturated heterocycles. The van der Waals surface area contributed by atoms with Crippen LogP contribution in [0.15, 0.2) is 30.6 Å². The number of pyridine rings is 1. The van der Waals surface area contributed by atoms with Crippen molar-refractivity contribution in [3.05, 3.63) is 42.0 Å². The van der Waals surface area contributed by atoms with Crippen LogP contribution in [0.25, 0.3) is 0 Å². The van der Waals surface area contributed by atoms with Crippen LogP contribution in [-0.4, -0.2) is 70.6 Å². The minimum absolute atomic E-state index is 0.0233. The molecule has 0 aromatic carbocycles. The van der Waals surface area contributed by atoms with Gasteiger partial charge in [-0.15, -0.1) is 0 Å². The van der Waals surface area contributed by atoms with Crippen LogP contribution in [-0.2, 0) is 17.7 Å². The molecule has 2 aromatic rings. The molecule has 8 nitrogen and oxygen atoms in total. The minimum atomic E-state index is -0.127. The predicted octanol–water partition coefficient (Wildman–Crippen LogP) is 1.90. The van der Waals surface area contributed by atoms with Crippen molar-refractivity contribution in [1.29, 1.82) is 0 Å². The van der Waals surface area contributed by atoms with Gasteiger partial charge in [0.05, 0.1) is 18.8 Å². The molecule has 1 amide bonds. The number of carbonyl (C=O) groups excluding carboxylic acids is 1. The normalized spacial score (nSPS) is 19.6. The van der Waals surface area contributed by atoms with E-state index in [-0.39, 0.29) is 12.0 Å². The third kappa shape index (κ3) is 5.37. The Kier molecular flexibility index (Phi) is 6.96. The highest BCUT2D eigenvalue weighted by molar-refractivity contribution is 5.92. The number of fused-ring (bicyclic) bond motifs is 1. The van der Waals surface area contributed by atoms with Gasteiger partial charge in [0, 0.05) is 44.6 Å². The van der Waals surface area contributed by atoms with Crippen LogP contribution in [0.1, 0.15) is 42.4 Å². The molecule has 4 rings (SSSR count). The second-order valence-electron chi connectivity index (χ2n) is 7.95. The largest absolute Gasteiger partial charge is 0.486 e. The lowest BCUT2D eigenvalue weighted by Gasteiger charge is -2.30. The summed E-state index contributed by atoms with van der Waals surface area (Å²) in [7, 11) is 0. The van der Waals surface area contributed by atoms with E-state index in [9.17, 15) is 4.79 Å². The second-order valence-corrected chi connectivity index (χ2v) is 7.95. The molecule has 30 heavy (non-hydrogen) atoms. The van der Waals surface area contributed by atoms with Crippen molar-refractivity contribution >= 4 is 5.91 Å². The summed E-state index contributed by atoms with van der Waals surface area (Å²) in [4.78, 5) is 18.9. The summed E-state index contributed by atoms with van der Waals surface area (Å²) < 4.78 is 13.8. The molecule has 0 radical (unpaired) electrons. The molecule has 2 aliphatic rings. The SMILES string of the molecule is CCN1CCC(OCCCNC(=O)c2cc3n(n2)C[C@@H](Oc2cccnc2)C3)CC1. The van der Waals surface area contributed by atoms with Crippen molar-refractivity contribution in [2.75, 3.05) is 32.8 Å². The first-order valence-corrected chi connectivity index (χ1v) is 11.0. The van der Waals surface area contributed by atoms with E-state index in [0.29, 0.717) is 31.5 Å². The van der Waals surface area contributed by atoms with E-state index in [1.165, 1.54) is 0 Å². The molecule has 0 aliphatic carbocycles. The van der Waals surface area contributed by atoms with Crippen molar-refractivity contribution in [1.82, 2.24) is 25.0 Å². The van der Waals surface area contributed by atoms with Crippen LogP contribution < -0.4 is 10.1 Å². The fourth-order valence-electron chi connectivity index (χ4n) is 4.07. The first kappa shape index (κ1) is 20.8.